The van der Waals surface area contributed by atoms with Crippen LogP contribution in [0, 0.1) is 12.3 Å². The molecule has 4 rings (SSSR count). The molecule has 152 valence electrons. The number of carboxylic acid groups (broad SMARTS) is 2. The van der Waals surface area contributed by atoms with E-state index in [0.29, 0.717) is 5.41 Å². The van der Waals surface area contributed by atoms with Gasteiger partial charge in [0.05, 0.1) is 5.69 Å². The maximum absolute atomic E-state index is 8.36. The Morgan fingerprint density at radius 3 is 2.21 bits per heavy atom. The molecule has 1 saturated carbocycles. The van der Waals surface area contributed by atoms with Crippen LogP contribution in [0.3, 0.4) is 0 Å². The summed E-state index contributed by atoms with van der Waals surface area (Å²) in [5, 5.41) is 28.5. The molecule has 2 aliphatic rings. The van der Waals surface area contributed by atoms with Gasteiger partial charge < -0.3 is 20.4 Å². The zero-order chi connectivity index (χ0) is 20.4. The van der Waals surface area contributed by atoms with Gasteiger partial charge in [0.25, 0.3) is 12.9 Å². The molecule has 0 radical (unpaired) electrons. The zero-order valence-corrected chi connectivity index (χ0v) is 16.2. The van der Waals surface area contributed by atoms with Crippen molar-refractivity contribution < 1.29 is 19.8 Å². The summed E-state index contributed by atoms with van der Waals surface area (Å²) >= 11 is 0. The van der Waals surface area contributed by atoms with Crippen molar-refractivity contribution in [3.63, 3.8) is 0 Å². The Kier molecular flexibility index (Phi) is 8.13. The third-order valence-electron chi connectivity index (χ3n) is 5.22. The van der Waals surface area contributed by atoms with Crippen LogP contribution in [0.1, 0.15) is 31.4 Å². The third-order valence-corrected chi connectivity index (χ3v) is 5.22. The molecule has 3 N–H and O–H groups in total. The summed E-state index contributed by atoms with van der Waals surface area (Å²) in [4.78, 5) is 19.4. The van der Waals surface area contributed by atoms with Gasteiger partial charge in [-0.25, -0.2) is 0 Å². The summed E-state index contributed by atoms with van der Waals surface area (Å²) in [6, 6.07) is 8.41. The smallest absolute Gasteiger partial charge is 0.290 e. The van der Waals surface area contributed by atoms with E-state index in [1.165, 1.54) is 56.1 Å². The van der Waals surface area contributed by atoms with Crippen molar-refractivity contribution in [3.05, 3.63) is 30.0 Å². The fraction of sp³-hybridized carbons (Fsp3) is 0.500. The van der Waals surface area contributed by atoms with Crippen molar-refractivity contribution in [1.29, 1.82) is 0 Å². The van der Waals surface area contributed by atoms with Gasteiger partial charge in [-0.05, 0) is 45.7 Å². The molecule has 0 atom stereocenters. The lowest BCUT2D eigenvalue weighted by Gasteiger charge is -2.23. The molecule has 1 aliphatic carbocycles. The summed E-state index contributed by atoms with van der Waals surface area (Å²) in [6.07, 6.45) is 5.43. The van der Waals surface area contributed by atoms with E-state index in [0.717, 1.165) is 18.1 Å². The van der Waals surface area contributed by atoms with Crippen LogP contribution in [0.4, 0.5) is 5.82 Å². The molecule has 0 amide bonds. The minimum absolute atomic E-state index is 0.250. The van der Waals surface area contributed by atoms with E-state index in [9.17, 15) is 0 Å². The Balaban J connectivity index is 0.000000418. The van der Waals surface area contributed by atoms with E-state index < -0.39 is 0 Å². The number of fused-ring (bicyclic) bond motifs is 1. The first-order valence-corrected chi connectivity index (χ1v) is 9.43. The van der Waals surface area contributed by atoms with Gasteiger partial charge in [0.2, 0.25) is 0 Å². The van der Waals surface area contributed by atoms with Crippen LogP contribution in [0.15, 0.2) is 24.3 Å². The Morgan fingerprint density at radius 2 is 1.64 bits per heavy atom. The summed E-state index contributed by atoms with van der Waals surface area (Å²) in [5.74, 6) is 0.939. The van der Waals surface area contributed by atoms with Crippen molar-refractivity contribution in [3.8, 4) is 0 Å². The highest BCUT2D eigenvalue weighted by Gasteiger charge is 2.44. The molecule has 1 aromatic carbocycles. The number of nitrogens with one attached hydrogen (secondary N) is 1. The summed E-state index contributed by atoms with van der Waals surface area (Å²) < 4.78 is 0. The quantitative estimate of drug-likeness (QED) is 0.670. The van der Waals surface area contributed by atoms with Gasteiger partial charge in [0.15, 0.2) is 5.82 Å². The first kappa shape index (κ1) is 21.6. The zero-order valence-electron chi connectivity index (χ0n) is 16.2. The minimum Gasteiger partial charge on any atom is -0.483 e. The normalized spacial score (nSPS) is 16.9. The lowest BCUT2D eigenvalue weighted by molar-refractivity contribution is -0.123. The molecule has 1 aliphatic heterocycles. The topological polar surface area (TPSA) is 116 Å². The van der Waals surface area contributed by atoms with Gasteiger partial charge in [0.1, 0.15) is 0 Å². The number of hydrogen-bond acceptors (Lipinski definition) is 6. The highest BCUT2D eigenvalue weighted by Crippen LogP contribution is 2.46. The molecule has 0 spiro atoms. The second kappa shape index (κ2) is 10.6. The lowest BCUT2D eigenvalue weighted by Crippen LogP contribution is -2.32. The number of aryl methyl sites for hydroxylation is 1. The first-order chi connectivity index (χ1) is 13.6. The van der Waals surface area contributed by atoms with Crippen LogP contribution in [0.25, 0.3) is 10.8 Å². The van der Waals surface area contributed by atoms with Gasteiger partial charge in [0, 0.05) is 29.3 Å². The molecule has 28 heavy (non-hydrogen) atoms. The minimum atomic E-state index is -0.250. The number of nitrogens with zero attached hydrogens (tertiary/aromatic N) is 3. The van der Waals surface area contributed by atoms with Crippen LogP contribution >= 0.6 is 0 Å². The average molecular weight is 388 g/mol. The number of likely N-dealkylation sites (tertiary alicyclic amines) is 1. The number of carbonyl (C=O) groups is 2. The van der Waals surface area contributed by atoms with Gasteiger partial charge in [-0.1, -0.05) is 24.3 Å². The van der Waals surface area contributed by atoms with Crippen molar-refractivity contribution in [2.45, 2.75) is 32.6 Å². The number of anilines is 1. The van der Waals surface area contributed by atoms with Gasteiger partial charge in [-0.2, -0.15) is 5.10 Å². The van der Waals surface area contributed by atoms with Crippen molar-refractivity contribution in [2.24, 2.45) is 5.41 Å². The molecule has 8 nitrogen and oxygen atoms in total. The predicted molar refractivity (Wildman–Crippen MR) is 107 cm³/mol. The maximum atomic E-state index is 8.36. The summed E-state index contributed by atoms with van der Waals surface area (Å²) in [5.41, 5.74) is 1.47. The highest BCUT2D eigenvalue weighted by atomic mass is 16.3. The molecule has 2 heterocycles. The summed E-state index contributed by atoms with van der Waals surface area (Å²) in [7, 11) is 0. The molecular weight excluding hydrogens is 360 g/mol. The number of benzene rings is 1. The van der Waals surface area contributed by atoms with Crippen LogP contribution in [-0.2, 0) is 9.59 Å². The van der Waals surface area contributed by atoms with Crippen molar-refractivity contribution in [1.82, 2.24) is 15.1 Å². The largest absolute Gasteiger partial charge is 0.483 e. The van der Waals surface area contributed by atoms with E-state index in [-0.39, 0.29) is 12.9 Å². The second-order valence-corrected chi connectivity index (χ2v) is 7.23. The van der Waals surface area contributed by atoms with Crippen LogP contribution in [0.5, 0.6) is 0 Å². The van der Waals surface area contributed by atoms with E-state index in [2.05, 4.69) is 44.7 Å². The fourth-order valence-corrected chi connectivity index (χ4v) is 3.62. The highest BCUT2D eigenvalue weighted by molar-refractivity contribution is 5.92. The predicted octanol–water partition coefficient (Wildman–Crippen LogP) is 2.63. The molecule has 2 fully saturated rings. The molecule has 1 saturated heterocycles. The summed E-state index contributed by atoms with van der Waals surface area (Å²) in [6.45, 7) is 6.36. The van der Waals surface area contributed by atoms with E-state index in [4.69, 9.17) is 19.8 Å². The van der Waals surface area contributed by atoms with E-state index >= 15 is 0 Å². The van der Waals surface area contributed by atoms with Gasteiger partial charge >= 0.3 is 0 Å². The standard InChI is InChI=1S/C18H24N4.2CH2O2/c1-14-15-6-2-3-7-16(15)17(21-20-14)19-12-18(8-9-18)13-22-10-4-5-11-22;2*2-1-3/h2-3,6-7H,4-5,8-13H2,1H3,(H,19,21);2*1H,(H,2,3). The molecule has 2 aromatic rings. The Hall–Kier alpha value is -2.74. The second-order valence-electron chi connectivity index (χ2n) is 7.23. The fourth-order valence-electron chi connectivity index (χ4n) is 3.62. The molecule has 1 aromatic heterocycles. The monoisotopic (exact) mass is 388 g/mol. The van der Waals surface area contributed by atoms with Crippen molar-refractivity contribution in [2.75, 3.05) is 31.5 Å². The average Bonchev–Trinajstić information content (AvgIpc) is 3.26. The molecule has 0 bridgehead atoms. The SMILES string of the molecule is Cc1nnc(NCC2(CN3CCCC3)CC2)c2ccccc12.O=CO.O=CO. The van der Waals surface area contributed by atoms with E-state index in [1.807, 2.05) is 6.92 Å². The van der Waals surface area contributed by atoms with Gasteiger partial charge in [-0.15, -0.1) is 5.10 Å². The molecular formula is C20H28N4O4. The number of hydrogen-bond donors (Lipinski definition) is 3. The van der Waals surface area contributed by atoms with Crippen LogP contribution in [-0.4, -0.2) is 64.4 Å². The Morgan fingerprint density at radius 1 is 1.07 bits per heavy atom. The Labute approximate surface area is 164 Å². The van der Waals surface area contributed by atoms with Gasteiger partial charge in [-0.3, -0.25) is 9.59 Å². The Bertz CT molecular complexity index is 768. The third kappa shape index (κ3) is 5.88. The lowest BCUT2D eigenvalue weighted by atomic mass is 10.1. The number of rotatable bonds is 5. The molecule has 8 heteroatoms. The number of aromatic nitrogens is 2. The van der Waals surface area contributed by atoms with Crippen LogP contribution in [0.2, 0.25) is 0 Å². The van der Waals surface area contributed by atoms with Crippen LogP contribution < -0.4 is 5.32 Å². The van der Waals surface area contributed by atoms with Crippen molar-refractivity contribution >= 4 is 29.5 Å². The molecule has 0 unspecified atom stereocenters. The van der Waals surface area contributed by atoms with E-state index in [1.54, 1.807) is 0 Å². The first-order valence-electron chi connectivity index (χ1n) is 9.43. The maximum Gasteiger partial charge on any atom is 0.290 e.